The van der Waals surface area contributed by atoms with Crippen LogP contribution in [0.4, 0.5) is 0 Å². The van der Waals surface area contributed by atoms with Gasteiger partial charge in [-0.2, -0.15) is 5.10 Å². The van der Waals surface area contributed by atoms with Crippen molar-refractivity contribution in [1.29, 1.82) is 0 Å². The molecule has 2 aromatic rings. The van der Waals surface area contributed by atoms with E-state index < -0.39 is 0 Å². The lowest BCUT2D eigenvalue weighted by Crippen LogP contribution is -2.22. The Labute approximate surface area is 136 Å². The zero-order valence-electron chi connectivity index (χ0n) is 11.9. The zero-order valence-corrected chi connectivity index (χ0v) is 13.4. The van der Waals surface area contributed by atoms with Crippen LogP contribution in [0.3, 0.4) is 0 Å². The number of aryl methyl sites for hydroxylation is 1. The third kappa shape index (κ3) is 4.26. The van der Waals surface area contributed by atoms with Gasteiger partial charge >= 0.3 is 0 Å². The van der Waals surface area contributed by atoms with E-state index in [1.165, 1.54) is 29.1 Å². The second-order valence-electron chi connectivity index (χ2n) is 4.47. The minimum absolute atomic E-state index is 0.172. The van der Waals surface area contributed by atoms with Crippen LogP contribution < -0.4 is 11.0 Å². The highest BCUT2D eigenvalue weighted by Crippen LogP contribution is 2.19. The maximum absolute atomic E-state index is 11.9. The number of nitrogens with one attached hydrogen (secondary N) is 1. The number of carbonyl (C=O) groups is 1. The van der Waals surface area contributed by atoms with E-state index in [9.17, 15) is 9.59 Å². The summed E-state index contributed by atoms with van der Waals surface area (Å²) in [7, 11) is 1.59. The monoisotopic (exact) mass is 359 g/mol. The van der Waals surface area contributed by atoms with Crippen molar-refractivity contribution in [2.45, 2.75) is 0 Å². The van der Waals surface area contributed by atoms with Gasteiger partial charge in [-0.25, -0.2) is 5.43 Å². The first kappa shape index (κ1) is 15.9. The number of rotatable bonds is 4. The summed E-state index contributed by atoms with van der Waals surface area (Å²) in [5, 5.41) is 3.85. The highest BCUT2D eigenvalue weighted by Gasteiger charge is 2.04. The number of carbonyl (C=O) groups excluding carboxylic acids is 1. The van der Waals surface area contributed by atoms with Gasteiger partial charge in [-0.05, 0) is 17.7 Å². The van der Waals surface area contributed by atoms with Crippen molar-refractivity contribution in [3.63, 3.8) is 0 Å². The molecule has 0 bridgehead atoms. The molecule has 5 nitrogen and oxygen atoms in total. The predicted octanol–water partition coefficient (Wildman–Crippen LogP) is 2.54. The maximum atomic E-state index is 11.9. The Hall–Kier alpha value is -2.47. The molecular weight excluding hydrogens is 346 g/mol. The van der Waals surface area contributed by atoms with Crippen LogP contribution in [0.2, 0.25) is 0 Å². The summed E-state index contributed by atoms with van der Waals surface area (Å²) in [4.78, 5) is 23.1. The fourth-order valence-electron chi connectivity index (χ4n) is 1.68. The first-order chi connectivity index (χ1) is 10.6. The largest absolute Gasteiger partial charge is 0.318 e. The molecule has 1 amide bonds. The summed E-state index contributed by atoms with van der Waals surface area (Å²) in [5.74, 6) is -0.379. The number of halogens is 1. The number of benzene rings is 1. The van der Waals surface area contributed by atoms with E-state index in [2.05, 4.69) is 26.5 Å². The van der Waals surface area contributed by atoms with Crippen molar-refractivity contribution < 1.29 is 4.79 Å². The van der Waals surface area contributed by atoms with E-state index in [0.717, 1.165) is 10.0 Å². The van der Waals surface area contributed by atoms with Crippen molar-refractivity contribution in [1.82, 2.24) is 9.99 Å². The minimum atomic E-state index is -0.379. The number of hydrogen-bond acceptors (Lipinski definition) is 3. The van der Waals surface area contributed by atoms with E-state index in [4.69, 9.17) is 0 Å². The lowest BCUT2D eigenvalue weighted by atomic mass is 10.2. The number of hydrazone groups is 1. The molecule has 1 aromatic carbocycles. The van der Waals surface area contributed by atoms with Crippen molar-refractivity contribution in [2.24, 2.45) is 12.1 Å². The number of nitrogens with zero attached hydrogens (tertiary/aromatic N) is 2. The summed E-state index contributed by atoms with van der Waals surface area (Å²) < 4.78 is 2.19. The van der Waals surface area contributed by atoms with Crippen LogP contribution in [0.5, 0.6) is 0 Å². The van der Waals surface area contributed by atoms with Gasteiger partial charge in [-0.1, -0.05) is 46.3 Å². The molecule has 0 unspecified atom stereocenters. The van der Waals surface area contributed by atoms with Crippen molar-refractivity contribution in [2.75, 3.05) is 0 Å². The molecular formula is C16H14BrN3O2. The molecule has 0 aliphatic rings. The average Bonchev–Trinajstić information content (AvgIpc) is 2.54. The van der Waals surface area contributed by atoms with E-state index in [0.29, 0.717) is 5.56 Å². The predicted molar refractivity (Wildman–Crippen MR) is 91.0 cm³/mol. The van der Waals surface area contributed by atoms with Crippen LogP contribution in [0.25, 0.3) is 4.48 Å². The van der Waals surface area contributed by atoms with E-state index >= 15 is 0 Å². The molecule has 0 atom stereocenters. The molecule has 0 fully saturated rings. The quantitative estimate of drug-likeness (QED) is 0.673. The van der Waals surface area contributed by atoms with E-state index in [1.807, 2.05) is 30.3 Å². The standard InChI is InChI=1S/C16H14BrN3O2/c1-20-11-13(7-8-15(20)21)16(22)19-18-10-9-14(17)12-5-3-2-4-6-12/h2-11H,1H3,(H,19,22)/b14-9-,18-10-. The molecule has 22 heavy (non-hydrogen) atoms. The molecule has 0 saturated carbocycles. The topological polar surface area (TPSA) is 63.5 Å². The molecule has 0 radical (unpaired) electrons. The number of pyridine rings is 1. The second kappa shape index (κ2) is 7.51. The highest BCUT2D eigenvalue weighted by atomic mass is 79.9. The third-order valence-corrected chi connectivity index (χ3v) is 3.58. The smallest absolute Gasteiger partial charge is 0.272 e. The fourth-order valence-corrected chi connectivity index (χ4v) is 2.07. The van der Waals surface area contributed by atoms with Gasteiger partial charge < -0.3 is 4.57 Å². The van der Waals surface area contributed by atoms with Gasteiger partial charge in [-0.3, -0.25) is 9.59 Å². The maximum Gasteiger partial charge on any atom is 0.272 e. The second-order valence-corrected chi connectivity index (χ2v) is 5.32. The molecule has 0 spiro atoms. The van der Waals surface area contributed by atoms with Crippen LogP contribution >= 0.6 is 15.9 Å². The Morgan fingerprint density at radius 1 is 1.18 bits per heavy atom. The summed E-state index contributed by atoms with van der Waals surface area (Å²) in [6, 6.07) is 12.5. The van der Waals surface area contributed by atoms with Crippen LogP contribution in [0, 0.1) is 0 Å². The number of hydrogen-bond donors (Lipinski definition) is 1. The Morgan fingerprint density at radius 2 is 1.91 bits per heavy atom. The van der Waals surface area contributed by atoms with Gasteiger partial charge in [0.1, 0.15) is 0 Å². The van der Waals surface area contributed by atoms with Gasteiger partial charge in [0.15, 0.2) is 0 Å². The SMILES string of the molecule is Cn1cc(C(=O)N/N=C\C=C(/Br)c2ccccc2)ccc1=O. The van der Waals surface area contributed by atoms with Gasteiger partial charge in [0.2, 0.25) is 5.56 Å². The van der Waals surface area contributed by atoms with Crippen LogP contribution in [0.1, 0.15) is 15.9 Å². The summed E-state index contributed by atoms with van der Waals surface area (Å²) >= 11 is 3.43. The first-order valence-electron chi connectivity index (χ1n) is 6.49. The molecule has 1 aromatic heterocycles. The minimum Gasteiger partial charge on any atom is -0.318 e. The van der Waals surface area contributed by atoms with Gasteiger partial charge in [0.25, 0.3) is 5.91 Å². The van der Waals surface area contributed by atoms with Crippen LogP contribution in [0.15, 0.2) is 64.6 Å². The number of aromatic nitrogens is 1. The average molecular weight is 360 g/mol. The fraction of sp³-hybridized carbons (Fsp3) is 0.0625. The zero-order chi connectivity index (χ0) is 15.9. The Balaban J connectivity index is 1.98. The molecule has 1 heterocycles. The molecule has 112 valence electrons. The first-order valence-corrected chi connectivity index (χ1v) is 7.28. The van der Waals surface area contributed by atoms with Gasteiger partial charge in [0.05, 0.1) is 5.56 Å². The van der Waals surface area contributed by atoms with E-state index in [1.54, 1.807) is 13.1 Å². The molecule has 2 rings (SSSR count). The lowest BCUT2D eigenvalue weighted by molar-refractivity contribution is 0.0954. The Kier molecular flexibility index (Phi) is 5.43. The third-order valence-electron chi connectivity index (χ3n) is 2.86. The normalized spacial score (nSPS) is 11.6. The number of allylic oxidation sites excluding steroid dienone is 1. The summed E-state index contributed by atoms with van der Waals surface area (Å²) in [5.41, 5.74) is 3.61. The van der Waals surface area contributed by atoms with Crippen molar-refractivity contribution in [3.05, 3.63) is 76.2 Å². The molecule has 1 N–H and O–H groups in total. The van der Waals surface area contributed by atoms with Gasteiger partial charge in [0, 0.05) is 30.0 Å². The van der Waals surface area contributed by atoms with Crippen LogP contribution in [-0.4, -0.2) is 16.7 Å². The molecule has 0 saturated heterocycles. The molecule has 6 heteroatoms. The van der Waals surface area contributed by atoms with Gasteiger partial charge in [-0.15, -0.1) is 0 Å². The lowest BCUT2D eigenvalue weighted by Gasteiger charge is -2.01. The van der Waals surface area contributed by atoms with Crippen LogP contribution in [-0.2, 0) is 7.05 Å². The Morgan fingerprint density at radius 3 is 2.59 bits per heavy atom. The molecule has 0 aliphatic heterocycles. The van der Waals surface area contributed by atoms with Crippen molar-refractivity contribution in [3.8, 4) is 0 Å². The van der Waals surface area contributed by atoms with E-state index in [-0.39, 0.29) is 11.5 Å². The highest BCUT2D eigenvalue weighted by molar-refractivity contribution is 9.15. The summed E-state index contributed by atoms with van der Waals surface area (Å²) in [6.07, 6.45) is 4.68. The summed E-state index contributed by atoms with van der Waals surface area (Å²) in [6.45, 7) is 0. The number of amides is 1. The van der Waals surface area contributed by atoms with Crippen molar-refractivity contribution >= 4 is 32.5 Å². The molecule has 0 aliphatic carbocycles. The Bertz CT molecular complexity index is 779.